The molecule has 2 saturated heterocycles. The van der Waals surface area contributed by atoms with Crippen LogP contribution in [0.3, 0.4) is 0 Å². The Morgan fingerprint density at radius 1 is 1.15 bits per heavy atom. The smallest absolute Gasteiger partial charge is 0.123 e. The van der Waals surface area contributed by atoms with Gasteiger partial charge in [-0.15, -0.1) is 0 Å². The van der Waals surface area contributed by atoms with Crippen LogP contribution in [0, 0.1) is 5.82 Å². The van der Waals surface area contributed by atoms with Crippen LogP contribution in [0.15, 0.2) is 18.2 Å². The van der Waals surface area contributed by atoms with Crippen LogP contribution in [0.4, 0.5) is 4.39 Å². The molecule has 2 aliphatic heterocycles. The summed E-state index contributed by atoms with van der Waals surface area (Å²) in [6.45, 7) is 4.58. The van der Waals surface area contributed by atoms with Crippen LogP contribution in [0.25, 0.3) is 0 Å². The number of piperidine rings is 1. The third kappa shape index (κ3) is 1.91. The van der Waals surface area contributed by atoms with Crippen molar-refractivity contribution in [3.05, 3.63) is 35.1 Å². The normalized spacial score (nSPS) is 28.9. The van der Waals surface area contributed by atoms with Crippen molar-refractivity contribution < 1.29 is 4.39 Å². The molecule has 1 spiro atoms. The Hall–Kier alpha value is -0.930. The molecule has 4 rings (SSSR count). The van der Waals surface area contributed by atoms with E-state index in [9.17, 15) is 4.39 Å². The van der Waals surface area contributed by atoms with Crippen LogP contribution < -0.4 is 5.32 Å². The van der Waals surface area contributed by atoms with Crippen molar-refractivity contribution in [2.75, 3.05) is 26.2 Å². The number of hydrogen-bond donors (Lipinski definition) is 1. The van der Waals surface area contributed by atoms with Crippen molar-refractivity contribution in [2.45, 2.75) is 43.6 Å². The molecule has 1 aromatic carbocycles. The van der Waals surface area contributed by atoms with E-state index in [0.29, 0.717) is 6.04 Å². The maximum absolute atomic E-state index is 13.8. The van der Waals surface area contributed by atoms with E-state index in [1.54, 1.807) is 6.07 Å². The van der Waals surface area contributed by atoms with Gasteiger partial charge in [-0.25, -0.2) is 4.39 Å². The van der Waals surface area contributed by atoms with E-state index in [1.807, 2.05) is 6.07 Å². The summed E-state index contributed by atoms with van der Waals surface area (Å²) in [7, 11) is 0. The number of fused-ring (bicyclic) bond motifs is 2. The molecule has 3 heteroatoms. The molecule has 1 N–H and O–H groups in total. The van der Waals surface area contributed by atoms with Crippen molar-refractivity contribution >= 4 is 0 Å². The third-order valence-corrected chi connectivity index (χ3v) is 5.67. The monoisotopic (exact) mass is 274 g/mol. The molecular formula is C17H23FN2. The van der Waals surface area contributed by atoms with Crippen LogP contribution >= 0.6 is 0 Å². The standard InChI is InChI=1S/C17H23FN2/c18-13-3-4-14-15(11-13)17(5-7-19-8-6-17)12-16(14)20-9-1-2-10-20/h3-4,11,16,19H,1-2,5-10,12H2. The average Bonchev–Trinajstić information content (AvgIpc) is 3.08. The van der Waals surface area contributed by atoms with Gasteiger partial charge in [0.15, 0.2) is 0 Å². The number of likely N-dealkylation sites (tertiary alicyclic amines) is 1. The zero-order chi connectivity index (χ0) is 13.6. The predicted octanol–water partition coefficient (Wildman–Crippen LogP) is 2.99. The largest absolute Gasteiger partial charge is 0.317 e. The van der Waals surface area contributed by atoms with Gasteiger partial charge in [0.25, 0.3) is 0 Å². The second-order valence-corrected chi connectivity index (χ2v) is 6.72. The summed E-state index contributed by atoms with van der Waals surface area (Å²) in [6.07, 6.45) is 6.16. The van der Waals surface area contributed by atoms with Gasteiger partial charge < -0.3 is 5.32 Å². The van der Waals surface area contributed by atoms with Crippen LogP contribution in [0.1, 0.15) is 49.3 Å². The van der Waals surface area contributed by atoms with E-state index in [-0.39, 0.29) is 11.2 Å². The highest BCUT2D eigenvalue weighted by Crippen LogP contribution is 2.52. The zero-order valence-corrected chi connectivity index (χ0v) is 12.0. The fraction of sp³-hybridized carbons (Fsp3) is 0.647. The molecule has 0 bridgehead atoms. The minimum absolute atomic E-state index is 0.0660. The van der Waals surface area contributed by atoms with Crippen molar-refractivity contribution in [1.29, 1.82) is 0 Å². The lowest BCUT2D eigenvalue weighted by atomic mass is 9.74. The molecule has 20 heavy (non-hydrogen) atoms. The predicted molar refractivity (Wildman–Crippen MR) is 78.3 cm³/mol. The first kappa shape index (κ1) is 12.8. The van der Waals surface area contributed by atoms with Gasteiger partial charge in [0.2, 0.25) is 0 Å². The molecule has 0 aromatic heterocycles. The summed E-state index contributed by atoms with van der Waals surface area (Å²) < 4.78 is 13.8. The number of hydrogen-bond acceptors (Lipinski definition) is 2. The van der Waals surface area contributed by atoms with Gasteiger partial charge in [0.1, 0.15) is 5.82 Å². The third-order valence-electron chi connectivity index (χ3n) is 5.67. The van der Waals surface area contributed by atoms with Gasteiger partial charge in [-0.2, -0.15) is 0 Å². The van der Waals surface area contributed by atoms with Crippen molar-refractivity contribution in [3.63, 3.8) is 0 Å². The maximum Gasteiger partial charge on any atom is 0.123 e. The Kier molecular flexibility index (Phi) is 3.08. The Labute approximate surface area is 120 Å². The first-order valence-corrected chi connectivity index (χ1v) is 8.03. The van der Waals surface area contributed by atoms with E-state index in [0.717, 1.165) is 25.9 Å². The highest BCUT2D eigenvalue weighted by Gasteiger charge is 2.46. The fourth-order valence-electron chi connectivity index (χ4n) is 4.63. The van der Waals surface area contributed by atoms with E-state index in [1.165, 1.54) is 43.5 Å². The first-order chi connectivity index (χ1) is 9.78. The Morgan fingerprint density at radius 2 is 1.90 bits per heavy atom. The molecule has 2 fully saturated rings. The number of rotatable bonds is 1. The van der Waals surface area contributed by atoms with Crippen LogP contribution in [0.5, 0.6) is 0 Å². The summed E-state index contributed by atoms with van der Waals surface area (Å²) in [5.74, 6) is -0.0660. The second kappa shape index (κ2) is 4.81. The van der Waals surface area contributed by atoms with E-state index < -0.39 is 0 Å². The lowest BCUT2D eigenvalue weighted by Gasteiger charge is -2.36. The minimum Gasteiger partial charge on any atom is -0.317 e. The van der Waals surface area contributed by atoms with Crippen LogP contribution in [0.2, 0.25) is 0 Å². The lowest BCUT2D eigenvalue weighted by Crippen LogP contribution is -2.39. The summed E-state index contributed by atoms with van der Waals surface area (Å²) in [5.41, 5.74) is 2.96. The molecule has 2 nitrogen and oxygen atoms in total. The van der Waals surface area contributed by atoms with E-state index in [2.05, 4.69) is 16.3 Å². The Bertz CT molecular complexity index is 502. The number of halogens is 1. The maximum atomic E-state index is 13.8. The first-order valence-electron chi connectivity index (χ1n) is 8.03. The molecule has 1 aromatic rings. The van der Waals surface area contributed by atoms with Crippen LogP contribution in [-0.2, 0) is 5.41 Å². The van der Waals surface area contributed by atoms with Crippen LogP contribution in [-0.4, -0.2) is 31.1 Å². The lowest BCUT2D eigenvalue weighted by molar-refractivity contribution is 0.195. The molecule has 0 saturated carbocycles. The fourth-order valence-corrected chi connectivity index (χ4v) is 4.63. The van der Waals surface area contributed by atoms with Gasteiger partial charge in [-0.05, 0) is 87.0 Å². The molecule has 1 atom stereocenters. The average molecular weight is 274 g/mol. The number of benzene rings is 1. The highest BCUT2D eigenvalue weighted by molar-refractivity contribution is 5.43. The van der Waals surface area contributed by atoms with Gasteiger partial charge >= 0.3 is 0 Å². The van der Waals surface area contributed by atoms with Gasteiger partial charge in [0, 0.05) is 6.04 Å². The number of nitrogens with zero attached hydrogens (tertiary/aromatic N) is 1. The number of nitrogens with one attached hydrogen (secondary N) is 1. The SMILES string of the molecule is Fc1ccc2c(c1)C1(CCNCC1)CC2N1CCCC1. The summed E-state index contributed by atoms with van der Waals surface area (Å²) in [4.78, 5) is 2.63. The summed E-state index contributed by atoms with van der Waals surface area (Å²) in [5, 5.41) is 3.46. The van der Waals surface area contributed by atoms with Gasteiger partial charge in [0.05, 0.1) is 0 Å². The highest BCUT2D eigenvalue weighted by atomic mass is 19.1. The van der Waals surface area contributed by atoms with Crippen molar-refractivity contribution in [1.82, 2.24) is 10.2 Å². The Morgan fingerprint density at radius 3 is 2.65 bits per heavy atom. The van der Waals surface area contributed by atoms with E-state index in [4.69, 9.17) is 0 Å². The Balaban J connectivity index is 1.75. The molecule has 2 heterocycles. The second-order valence-electron chi connectivity index (χ2n) is 6.72. The summed E-state index contributed by atoms with van der Waals surface area (Å²) >= 11 is 0. The molecule has 1 unspecified atom stereocenters. The van der Waals surface area contributed by atoms with Crippen molar-refractivity contribution in [2.24, 2.45) is 0 Å². The molecule has 0 amide bonds. The van der Waals surface area contributed by atoms with Gasteiger partial charge in [-0.1, -0.05) is 6.07 Å². The minimum atomic E-state index is -0.0660. The molecule has 3 aliphatic rings. The van der Waals surface area contributed by atoms with E-state index >= 15 is 0 Å². The molecule has 1 aliphatic carbocycles. The molecule has 108 valence electrons. The molecule has 0 radical (unpaired) electrons. The van der Waals surface area contributed by atoms with Gasteiger partial charge in [-0.3, -0.25) is 4.90 Å². The quantitative estimate of drug-likeness (QED) is 0.847. The molecular weight excluding hydrogens is 251 g/mol. The topological polar surface area (TPSA) is 15.3 Å². The zero-order valence-electron chi connectivity index (χ0n) is 12.0. The van der Waals surface area contributed by atoms with Crippen molar-refractivity contribution in [3.8, 4) is 0 Å². The summed E-state index contributed by atoms with van der Waals surface area (Å²) in [6, 6.07) is 6.08.